The van der Waals surface area contributed by atoms with Crippen LogP contribution in [0, 0.1) is 0 Å². The maximum absolute atomic E-state index is 12.4. The molecule has 120 valence electrons. The normalized spacial score (nSPS) is 15.2. The summed E-state index contributed by atoms with van der Waals surface area (Å²) in [5.74, 6) is 0.0246. The summed E-state index contributed by atoms with van der Waals surface area (Å²) < 4.78 is 18.2. The molecular formula is C15H33O3PSi. The Bertz CT molecular complexity index is 366. The van der Waals surface area contributed by atoms with Crippen LogP contribution in [0.4, 0.5) is 0 Å². The first-order chi connectivity index (χ1) is 8.80. The summed E-state index contributed by atoms with van der Waals surface area (Å²) in [6.07, 6.45) is 2.56. The molecule has 0 bridgehead atoms. The molecule has 0 rings (SSSR count). The molecule has 0 spiro atoms. The van der Waals surface area contributed by atoms with Crippen molar-refractivity contribution < 1.29 is 13.8 Å². The van der Waals surface area contributed by atoms with Crippen LogP contribution in [0.2, 0.25) is 18.1 Å². The monoisotopic (exact) mass is 320 g/mol. The van der Waals surface area contributed by atoms with E-state index in [1.807, 2.05) is 0 Å². The third-order valence-electron chi connectivity index (χ3n) is 3.96. The molecule has 3 nitrogen and oxygen atoms in total. The van der Waals surface area contributed by atoms with Gasteiger partial charge in [-0.25, -0.2) is 0 Å². The molecule has 0 saturated heterocycles. The van der Waals surface area contributed by atoms with E-state index in [9.17, 15) is 9.36 Å². The number of hydrogen-bond donors (Lipinski definition) is 0. The maximum atomic E-state index is 12.4. The molecule has 0 aromatic carbocycles. The largest absolute Gasteiger partial charge is 0.407 e. The van der Waals surface area contributed by atoms with Crippen molar-refractivity contribution in [2.24, 2.45) is 0 Å². The summed E-state index contributed by atoms with van der Waals surface area (Å²) in [5, 5.41) is 0.0832. The Kier molecular flexibility index (Phi) is 7.40. The lowest BCUT2D eigenvalue weighted by Crippen LogP contribution is -2.46. The summed E-state index contributed by atoms with van der Waals surface area (Å²) in [5.41, 5.74) is 0. The van der Waals surface area contributed by atoms with Gasteiger partial charge in [0.15, 0.2) is 14.1 Å². The first-order valence-electron chi connectivity index (χ1n) is 7.54. The highest BCUT2D eigenvalue weighted by atomic mass is 31.2. The fourth-order valence-corrected chi connectivity index (χ4v) is 3.95. The second-order valence-electron chi connectivity index (χ2n) is 7.71. The number of carbonyl (C=O) groups excluding carboxylic acids is 1. The van der Waals surface area contributed by atoms with E-state index < -0.39 is 15.5 Å². The van der Waals surface area contributed by atoms with E-state index in [0.29, 0.717) is 0 Å². The molecule has 0 heterocycles. The summed E-state index contributed by atoms with van der Waals surface area (Å²) in [4.78, 5) is 12.4. The highest BCUT2D eigenvalue weighted by Crippen LogP contribution is 2.40. The second-order valence-corrected chi connectivity index (χ2v) is 15.9. The van der Waals surface area contributed by atoms with E-state index in [1.54, 1.807) is 13.3 Å². The molecule has 1 unspecified atom stereocenters. The van der Waals surface area contributed by atoms with Crippen molar-refractivity contribution >= 4 is 21.2 Å². The molecule has 0 aliphatic carbocycles. The third-order valence-corrected chi connectivity index (χ3v) is 9.52. The molecule has 5 heteroatoms. The van der Waals surface area contributed by atoms with Crippen LogP contribution in [0.3, 0.4) is 0 Å². The van der Waals surface area contributed by atoms with Crippen LogP contribution >= 0.6 is 7.14 Å². The van der Waals surface area contributed by atoms with Crippen molar-refractivity contribution in [3.05, 3.63) is 0 Å². The highest BCUT2D eigenvalue weighted by molar-refractivity contribution is 7.63. The number of ketones is 1. The Morgan fingerprint density at radius 3 is 2.10 bits per heavy atom. The second kappa shape index (κ2) is 7.37. The van der Waals surface area contributed by atoms with Gasteiger partial charge in [0.2, 0.25) is 0 Å². The van der Waals surface area contributed by atoms with Gasteiger partial charge in [0, 0.05) is 0 Å². The van der Waals surface area contributed by atoms with Crippen molar-refractivity contribution in [3.8, 4) is 0 Å². The number of hydrogen-bond acceptors (Lipinski definition) is 3. The van der Waals surface area contributed by atoms with Crippen molar-refractivity contribution in [1.82, 2.24) is 0 Å². The van der Waals surface area contributed by atoms with Gasteiger partial charge in [-0.05, 0) is 37.9 Å². The third kappa shape index (κ3) is 7.19. The van der Waals surface area contributed by atoms with Gasteiger partial charge in [0.1, 0.15) is 6.10 Å². The van der Waals surface area contributed by atoms with Crippen LogP contribution in [-0.2, 0) is 13.8 Å². The Morgan fingerprint density at radius 2 is 1.75 bits per heavy atom. The van der Waals surface area contributed by atoms with Crippen LogP contribution < -0.4 is 0 Å². The predicted octanol–water partition coefficient (Wildman–Crippen LogP) is 4.76. The molecule has 0 saturated carbocycles. The molecule has 0 amide bonds. The zero-order chi connectivity index (χ0) is 16.2. The summed E-state index contributed by atoms with van der Waals surface area (Å²) in [6.45, 7) is 16.3. The number of Topliss-reactive ketones (excluding diaryl/α,β-unsaturated/α-hetero) is 1. The fourth-order valence-electron chi connectivity index (χ4n) is 1.68. The molecule has 0 aliphatic heterocycles. The van der Waals surface area contributed by atoms with E-state index in [1.165, 1.54) is 0 Å². The van der Waals surface area contributed by atoms with Crippen molar-refractivity contribution in [3.63, 3.8) is 0 Å². The fraction of sp³-hybridized carbons (Fsp3) is 0.933. The highest BCUT2D eigenvalue weighted by Gasteiger charge is 2.40. The first kappa shape index (κ1) is 20.1. The maximum Gasteiger partial charge on any atom is 0.193 e. The van der Waals surface area contributed by atoms with Gasteiger partial charge in [-0.1, -0.05) is 40.5 Å². The molecule has 0 N–H and O–H groups in total. The quantitative estimate of drug-likeness (QED) is 0.478. The standard InChI is InChI=1S/C15H33O3PSi/c1-9-10-11-14(13(16)12-19(5,6)17)18-20(7,8)15(2,3)4/h14H,9-12H2,1-8H3. The summed E-state index contributed by atoms with van der Waals surface area (Å²) in [7, 11) is -4.29. The molecule has 0 aromatic heterocycles. The molecule has 1 atom stereocenters. The van der Waals surface area contributed by atoms with Gasteiger partial charge in [0.25, 0.3) is 0 Å². The minimum atomic E-state index is -2.33. The average Bonchev–Trinajstić information content (AvgIpc) is 2.19. The number of unbranched alkanes of at least 4 members (excludes halogenated alkanes) is 1. The smallest absolute Gasteiger partial charge is 0.193 e. The predicted molar refractivity (Wildman–Crippen MR) is 90.9 cm³/mol. The van der Waals surface area contributed by atoms with Gasteiger partial charge < -0.3 is 8.99 Å². The van der Waals surface area contributed by atoms with E-state index in [-0.39, 0.29) is 23.1 Å². The Hall–Kier alpha value is 0.0769. The van der Waals surface area contributed by atoms with Crippen LogP contribution in [0.25, 0.3) is 0 Å². The lowest BCUT2D eigenvalue weighted by Gasteiger charge is -2.39. The topological polar surface area (TPSA) is 43.4 Å². The van der Waals surface area contributed by atoms with Crippen LogP contribution in [-0.4, -0.2) is 39.7 Å². The van der Waals surface area contributed by atoms with Crippen LogP contribution in [0.1, 0.15) is 47.0 Å². The lowest BCUT2D eigenvalue weighted by molar-refractivity contribution is -0.124. The van der Waals surface area contributed by atoms with Gasteiger partial charge in [0.05, 0.1) is 13.3 Å². The van der Waals surface area contributed by atoms with E-state index in [4.69, 9.17) is 4.43 Å². The van der Waals surface area contributed by atoms with E-state index in [2.05, 4.69) is 40.8 Å². The summed E-state index contributed by atoms with van der Waals surface area (Å²) in [6, 6.07) is 0. The average molecular weight is 320 g/mol. The number of rotatable bonds is 8. The zero-order valence-electron chi connectivity index (χ0n) is 14.6. The Morgan fingerprint density at radius 1 is 1.25 bits per heavy atom. The summed E-state index contributed by atoms with van der Waals surface area (Å²) >= 11 is 0. The molecule has 0 radical (unpaired) electrons. The SMILES string of the molecule is CCCCC(O[Si](C)(C)C(C)(C)C)C(=O)CP(C)(C)=O. The van der Waals surface area contributed by atoms with Gasteiger partial charge in [-0.15, -0.1) is 0 Å². The van der Waals surface area contributed by atoms with Gasteiger partial charge in [-0.3, -0.25) is 4.79 Å². The van der Waals surface area contributed by atoms with Crippen molar-refractivity contribution in [2.75, 3.05) is 19.5 Å². The molecule has 0 aliphatic rings. The first-order valence-corrected chi connectivity index (χ1v) is 13.2. The molecule has 20 heavy (non-hydrogen) atoms. The minimum absolute atomic E-state index is 0.0246. The number of carbonyl (C=O) groups is 1. The van der Waals surface area contributed by atoms with Gasteiger partial charge in [-0.2, -0.15) is 0 Å². The molecule has 0 aromatic rings. The van der Waals surface area contributed by atoms with Crippen LogP contribution in [0.5, 0.6) is 0 Å². The zero-order valence-corrected chi connectivity index (χ0v) is 16.5. The molecular weight excluding hydrogens is 287 g/mol. The van der Waals surface area contributed by atoms with Crippen molar-refractivity contribution in [1.29, 1.82) is 0 Å². The van der Waals surface area contributed by atoms with Crippen LogP contribution in [0.15, 0.2) is 0 Å². The Labute approximate surface area is 126 Å². The van der Waals surface area contributed by atoms with E-state index >= 15 is 0 Å². The lowest BCUT2D eigenvalue weighted by atomic mass is 10.1. The minimum Gasteiger partial charge on any atom is -0.407 e. The molecule has 0 fully saturated rings. The van der Waals surface area contributed by atoms with Crippen molar-refractivity contribution in [2.45, 2.75) is 71.2 Å². The van der Waals surface area contributed by atoms with E-state index in [0.717, 1.165) is 19.3 Å². The van der Waals surface area contributed by atoms with Gasteiger partial charge >= 0.3 is 0 Å². The Balaban J connectivity index is 4.98.